The van der Waals surface area contributed by atoms with E-state index in [9.17, 15) is 13.2 Å². The van der Waals surface area contributed by atoms with Gasteiger partial charge >= 0.3 is 0 Å². The summed E-state index contributed by atoms with van der Waals surface area (Å²) in [5.74, 6) is 0.114. The number of sulfonamides is 1. The summed E-state index contributed by atoms with van der Waals surface area (Å²) in [6.45, 7) is 2.15. The van der Waals surface area contributed by atoms with Gasteiger partial charge in [-0.2, -0.15) is 4.31 Å². The van der Waals surface area contributed by atoms with Crippen LogP contribution in [0.15, 0.2) is 17.2 Å². The second-order valence-corrected chi connectivity index (χ2v) is 7.53. The molecule has 2 atom stereocenters. The fourth-order valence-electron chi connectivity index (χ4n) is 3.27. The van der Waals surface area contributed by atoms with E-state index < -0.39 is 10.0 Å². The molecule has 2 saturated heterocycles. The number of fused-ring (bicyclic) bond motifs is 1. The first kappa shape index (κ1) is 14.6. The van der Waals surface area contributed by atoms with E-state index in [2.05, 4.69) is 10.6 Å². The summed E-state index contributed by atoms with van der Waals surface area (Å²) in [6, 6.07) is 1.49. The van der Waals surface area contributed by atoms with Gasteiger partial charge in [0.2, 0.25) is 10.0 Å². The van der Waals surface area contributed by atoms with Crippen LogP contribution in [-0.2, 0) is 17.1 Å². The van der Waals surface area contributed by atoms with Crippen molar-refractivity contribution in [2.24, 2.45) is 13.0 Å². The molecule has 3 rings (SSSR count). The van der Waals surface area contributed by atoms with Crippen molar-refractivity contribution in [1.82, 2.24) is 19.5 Å². The molecule has 2 aliphatic heterocycles. The van der Waals surface area contributed by atoms with Gasteiger partial charge in [-0.05, 0) is 24.9 Å². The fraction of sp³-hybridized carbons (Fsp3) is 0.615. The first-order chi connectivity index (χ1) is 9.95. The van der Waals surface area contributed by atoms with Gasteiger partial charge in [0.1, 0.15) is 10.6 Å². The molecular weight excluding hydrogens is 292 g/mol. The van der Waals surface area contributed by atoms with E-state index in [0.717, 1.165) is 13.0 Å². The molecule has 0 aromatic carbocycles. The second kappa shape index (κ2) is 5.11. The van der Waals surface area contributed by atoms with Crippen LogP contribution in [-0.4, -0.2) is 55.9 Å². The van der Waals surface area contributed by atoms with Gasteiger partial charge in [0.15, 0.2) is 0 Å². The molecule has 2 N–H and O–H groups in total. The van der Waals surface area contributed by atoms with Gasteiger partial charge in [-0.15, -0.1) is 0 Å². The highest BCUT2D eigenvalue weighted by atomic mass is 32.2. The number of amides is 1. The Labute approximate surface area is 124 Å². The number of carbonyl (C=O) groups excluding carboxylic acids is 1. The van der Waals surface area contributed by atoms with Crippen molar-refractivity contribution in [3.05, 3.63) is 18.0 Å². The lowest BCUT2D eigenvalue weighted by atomic mass is 10.1. The molecule has 0 aliphatic carbocycles. The third-order valence-electron chi connectivity index (χ3n) is 4.44. The van der Waals surface area contributed by atoms with E-state index in [1.807, 2.05) is 0 Å². The Hall–Kier alpha value is -1.38. The molecule has 116 valence electrons. The Morgan fingerprint density at radius 2 is 2.19 bits per heavy atom. The Bertz CT molecular complexity index is 667. The number of hydrogen-bond acceptors (Lipinski definition) is 4. The van der Waals surface area contributed by atoms with Crippen LogP contribution in [0.1, 0.15) is 16.9 Å². The van der Waals surface area contributed by atoms with Crippen molar-refractivity contribution in [2.45, 2.75) is 17.4 Å². The summed E-state index contributed by atoms with van der Waals surface area (Å²) in [5.41, 5.74) is 0.344. The maximum Gasteiger partial charge on any atom is 0.267 e. The van der Waals surface area contributed by atoms with E-state index in [-0.39, 0.29) is 16.8 Å². The van der Waals surface area contributed by atoms with Gasteiger partial charge in [0.05, 0.1) is 0 Å². The van der Waals surface area contributed by atoms with Crippen molar-refractivity contribution in [1.29, 1.82) is 0 Å². The fourth-order valence-corrected chi connectivity index (χ4v) is 5.04. The molecule has 1 aromatic rings. The first-order valence-corrected chi connectivity index (χ1v) is 8.50. The minimum Gasteiger partial charge on any atom is -0.354 e. The molecule has 3 heterocycles. The summed E-state index contributed by atoms with van der Waals surface area (Å²) in [6.07, 6.45) is 2.40. The standard InChI is InChI=1S/C13H20N4O3S/c1-14-13(18)11-5-10(8-16(11)2)21(19,20)17-4-3-9-6-15-7-12(9)17/h5,8-9,12,15H,3-4,6-7H2,1-2H3,(H,14,18)/t9-,12+/m0/s1. The lowest BCUT2D eigenvalue weighted by Gasteiger charge is -2.22. The molecule has 2 aliphatic rings. The van der Waals surface area contributed by atoms with Gasteiger partial charge in [-0.1, -0.05) is 0 Å². The van der Waals surface area contributed by atoms with E-state index in [1.165, 1.54) is 19.3 Å². The van der Waals surface area contributed by atoms with Crippen LogP contribution in [0.2, 0.25) is 0 Å². The summed E-state index contributed by atoms with van der Waals surface area (Å²) in [4.78, 5) is 11.9. The summed E-state index contributed by atoms with van der Waals surface area (Å²) >= 11 is 0. The Kier molecular flexibility index (Phi) is 3.54. The normalized spacial score (nSPS) is 26.0. The van der Waals surface area contributed by atoms with Crippen LogP contribution in [0.3, 0.4) is 0 Å². The third kappa shape index (κ3) is 2.27. The SMILES string of the molecule is CNC(=O)c1cc(S(=O)(=O)N2CC[C@H]3CNC[C@H]32)cn1C. The highest BCUT2D eigenvalue weighted by Crippen LogP contribution is 2.32. The zero-order chi connectivity index (χ0) is 15.2. The topological polar surface area (TPSA) is 83.4 Å². The summed E-state index contributed by atoms with van der Waals surface area (Å²) < 4.78 is 28.7. The monoisotopic (exact) mass is 312 g/mol. The summed E-state index contributed by atoms with van der Waals surface area (Å²) in [5, 5.41) is 5.76. The Morgan fingerprint density at radius 3 is 2.90 bits per heavy atom. The van der Waals surface area contributed by atoms with E-state index >= 15 is 0 Å². The van der Waals surface area contributed by atoms with Gasteiger partial charge in [-0.3, -0.25) is 4.79 Å². The highest BCUT2D eigenvalue weighted by molar-refractivity contribution is 7.89. The molecule has 7 nitrogen and oxygen atoms in total. The van der Waals surface area contributed by atoms with Crippen LogP contribution in [0.4, 0.5) is 0 Å². The van der Waals surface area contributed by atoms with Crippen LogP contribution in [0.5, 0.6) is 0 Å². The molecule has 2 fully saturated rings. The van der Waals surface area contributed by atoms with E-state index in [1.54, 1.807) is 15.9 Å². The van der Waals surface area contributed by atoms with Crippen LogP contribution >= 0.6 is 0 Å². The van der Waals surface area contributed by atoms with E-state index in [4.69, 9.17) is 0 Å². The molecule has 0 unspecified atom stereocenters. The smallest absolute Gasteiger partial charge is 0.267 e. The average Bonchev–Trinajstić information content (AvgIpc) is 3.11. The number of nitrogens with zero attached hydrogens (tertiary/aromatic N) is 2. The minimum absolute atomic E-state index is 0.0404. The number of rotatable bonds is 3. The molecular formula is C13H20N4O3S. The van der Waals surface area contributed by atoms with Gasteiger partial charge in [-0.25, -0.2) is 8.42 Å². The quantitative estimate of drug-likeness (QED) is 0.778. The van der Waals surface area contributed by atoms with Gasteiger partial charge in [0, 0.05) is 39.4 Å². The molecule has 0 spiro atoms. The number of carbonyl (C=O) groups is 1. The minimum atomic E-state index is -3.54. The summed E-state index contributed by atoms with van der Waals surface area (Å²) in [7, 11) is -0.343. The van der Waals surface area contributed by atoms with Crippen molar-refractivity contribution >= 4 is 15.9 Å². The molecule has 0 saturated carbocycles. The largest absolute Gasteiger partial charge is 0.354 e. The molecule has 1 amide bonds. The van der Waals surface area contributed by atoms with Gasteiger partial charge in [0.25, 0.3) is 5.91 Å². The van der Waals surface area contributed by atoms with Crippen molar-refractivity contribution in [2.75, 3.05) is 26.7 Å². The first-order valence-electron chi connectivity index (χ1n) is 7.06. The maximum absolute atomic E-state index is 12.8. The predicted molar refractivity (Wildman–Crippen MR) is 77.5 cm³/mol. The number of aryl methyl sites for hydroxylation is 1. The van der Waals surface area contributed by atoms with Gasteiger partial charge < -0.3 is 15.2 Å². The number of aromatic nitrogens is 1. The molecule has 8 heteroatoms. The van der Waals surface area contributed by atoms with Crippen LogP contribution < -0.4 is 10.6 Å². The van der Waals surface area contributed by atoms with Crippen molar-refractivity contribution < 1.29 is 13.2 Å². The zero-order valence-electron chi connectivity index (χ0n) is 12.2. The average molecular weight is 312 g/mol. The number of hydrogen-bond donors (Lipinski definition) is 2. The highest BCUT2D eigenvalue weighted by Gasteiger charge is 2.44. The molecule has 0 radical (unpaired) electrons. The lowest BCUT2D eigenvalue weighted by molar-refractivity contribution is 0.0955. The third-order valence-corrected chi connectivity index (χ3v) is 6.33. The number of nitrogens with one attached hydrogen (secondary N) is 2. The lowest BCUT2D eigenvalue weighted by Crippen LogP contribution is -2.38. The van der Waals surface area contributed by atoms with Crippen LogP contribution in [0.25, 0.3) is 0 Å². The van der Waals surface area contributed by atoms with Crippen molar-refractivity contribution in [3.8, 4) is 0 Å². The molecule has 1 aromatic heterocycles. The molecule has 0 bridgehead atoms. The Balaban J connectivity index is 1.94. The second-order valence-electron chi connectivity index (χ2n) is 5.64. The molecule has 21 heavy (non-hydrogen) atoms. The van der Waals surface area contributed by atoms with E-state index in [0.29, 0.717) is 24.7 Å². The maximum atomic E-state index is 12.8. The zero-order valence-corrected chi connectivity index (χ0v) is 13.0. The Morgan fingerprint density at radius 1 is 1.43 bits per heavy atom. The van der Waals surface area contributed by atoms with Crippen molar-refractivity contribution in [3.63, 3.8) is 0 Å². The van der Waals surface area contributed by atoms with Crippen LogP contribution in [0, 0.1) is 5.92 Å². The predicted octanol–water partition coefficient (Wildman–Crippen LogP) is -0.633.